The van der Waals surface area contributed by atoms with Crippen LogP contribution in [0.25, 0.3) is 6.08 Å². The summed E-state index contributed by atoms with van der Waals surface area (Å²) in [6.45, 7) is 2.17. The first-order valence-electron chi connectivity index (χ1n) is 21.3. The van der Waals surface area contributed by atoms with Crippen LogP contribution < -0.4 is 16.0 Å². The first kappa shape index (κ1) is 48.3. The molecule has 0 bridgehead atoms. The van der Waals surface area contributed by atoms with Gasteiger partial charge in [-0.05, 0) is 79.3 Å². The molecule has 16 nitrogen and oxygen atoms in total. The van der Waals surface area contributed by atoms with Crippen molar-refractivity contribution in [3.63, 3.8) is 0 Å². The maximum atomic E-state index is 13.5. The normalized spacial score (nSPS) is 21.4. The molecule has 2 aliphatic rings. The number of nitrogens with zero attached hydrogens (tertiary/aromatic N) is 3. The minimum atomic E-state index is -4.74. The number of aliphatic carboxylic acids is 1. The summed E-state index contributed by atoms with van der Waals surface area (Å²) in [5, 5.41) is 71.1. The van der Waals surface area contributed by atoms with Gasteiger partial charge in [0.05, 0.1) is 35.1 Å². The first-order chi connectivity index (χ1) is 30.8. The fourth-order valence-corrected chi connectivity index (χ4v) is 8.36. The lowest BCUT2D eigenvalue weighted by Gasteiger charge is -2.47. The van der Waals surface area contributed by atoms with Crippen LogP contribution in [0.3, 0.4) is 0 Å². The third-order valence-corrected chi connectivity index (χ3v) is 11.9. The van der Waals surface area contributed by atoms with E-state index in [9.17, 15) is 57.9 Å². The number of aliphatic hydroxyl groups excluding tert-OH is 3. The minimum Gasteiger partial charge on any atom is -0.507 e. The highest BCUT2D eigenvalue weighted by Crippen LogP contribution is 2.36. The predicted molar refractivity (Wildman–Crippen MR) is 228 cm³/mol. The number of phenols is 1. The molecule has 2 heterocycles. The van der Waals surface area contributed by atoms with E-state index in [1.165, 1.54) is 41.1 Å². The van der Waals surface area contributed by atoms with E-state index in [1.807, 2.05) is 0 Å². The van der Waals surface area contributed by atoms with Crippen molar-refractivity contribution in [3.8, 4) is 5.75 Å². The number of carbonyl (C=O) groups excluding carboxylic acids is 3. The highest BCUT2D eigenvalue weighted by molar-refractivity contribution is 5.96. The van der Waals surface area contributed by atoms with Gasteiger partial charge in [-0.3, -0.25) is 14.4 Å². The average Bonchev–Trinajstić information content (AvgIpc) is 3.75. The van der Waals surface area contributed by atoms with Gasteiger partial charge in [0.25, 0.3) is 11.8 Å². The van der Waals surface area contributed by atoms with Gasteiger partial charge in [0.2, 0.25) is 5.91 Å². The third-order valence-electron chi connectivity index (χ3n) is 11.9. The highest BCUT2D eigenvalue weighted by atomic mass is 19.4. The second kappa shape index (κ2) is 20.8. The van der Waals surface area contributed by atoms with E-state index in [0.717, 1.165) is 49.9 Å². The van der Waals surface area contributed by atoms with Gasteiger partial charge in [-0.25, -0.2) is 9.48 Å². The Bertz CT molecular complexity index is 2360. The van der Waals surface area contributed by atoms with Crippen molar-refractivity contribution in [2.45, 2.75) is 120 Å². The number of hydrogen-bond acceptors (Lipinski definition) is 11. The van der Waals surface area contributed by atoms with Crippen LogP contribution in [-0.2, 0) is 33.6 Å². The van der Waals surface area contributed by atoms with Crippen molar-refractivity contribution < 1.29 is 62.6 Å². The van der Waals surface area contributed by atoms with Crippen molar-refractivity contribution in [1.82, 2.24) is 30.9 Å². The Morgan fingerprint density at radius 1 is 0.969 bits per heavy atom. The number of carboxylic acid groups (broad SMARTS) is 1. The molecule has 1 aliphatic heterocycles. The molecule has 348 valence electrons. The van der Waals surface area contributed by atoms with Gasteiger partial charge >= 0.3 is 12.1 Å². The molecular weight excluding hydrogens is 854 g/mol. The number of alkyl halides is 3. The van der Waals surface area contributed by atoms with Crippen molar-refractivity contribution >= 4 is 29.8 Å². The molecule has 8 N–H and O–H groups in total. The van der Waals surface area contributed by atoms with Crippen molar-refractivity contribution in [1.29, 1.82) is 0 Å². The van der Waals surface area contributed by atoms with Crippen LogP contribution in [0.1, 0.15) is 105 Å². The Labute approximate surface area is 372 Å². The standard InChI is InChI=1S/C46H53F3N6O10/c1-26-18-31(19-27(2)39(26)59)42(61)51-23-36(57)40(60)41-38(52-37(58)25-55-24-34(53-54-55)30-13-4-3-5-14-30)35(56)21-45(65-41,44(63)64)17-9-12-28-10-8-11-29(20-28)22-50-43(62)32-15-6-7-16-33(32)46(47,48)49/h6-12,15-16,18-20,24,30,35-36,38,40-41,56-57,59-60H,3-5,13-14,17,21-23,25H2,1-2H3,(H,50,62)(H,51,61)(H,52,58)(H,63,64)/b12-9+/t35-,36+,38+,40+,41+,45+/m0/s1. The van der Waals surface area contributed by atoms with E-state index in [-0.39, 0.29) is 30.3 Å². The minimum absolute atomic E-state index is 0.00927. The molecule has 2 fully saturated rings. The van der Waals surface area contributed by atoms with Crippen LogP contribution in [0.5, 0.6) is 5.75 Å². The van der Waals surface area contributed by atoms with E-state index < -0.39 is 96.4 Å². The third kappa shape index (κ3) is 12.0. The second-order valence-corrected chi connectivity index (χ2v) is 16.7. The molecule has 3 aromatic carbocycles. The van der Waals surface area contributed by atoms with E-state index >= 15 is 0 Å². The fourth-order valence-electron chi connectivity index (χ4n) is 8.36. The van der Waals surface area contributed by atoms with E-state index in [4.69, 9.17) is 4.74 Å². The Morgan fingerprint density at radius 2 is 1.68 bits per heavy atom. The molecule has 1 saturated carbocycles. The molecule has 65 heavy (non-hydrogen) atoms. The number of amides is 3. The Hall–Kier alpha value is -6.15. The fraction of sp³-hybridized carbons (Fsp3) is 0.435. The van der Waals surface area contributed by atoms with Gasteiger partial charge in [-0.2, -0.15) is 13.2 Å². The summed E-state index contributed by atoms with van der Waals surface area (Å²) in [4.78, 5) is 52.3. The summed E-state index contributed by atoms with van der Waals surface area (Å²) in [6, 6.07) is 12.3. The van der Waals surface area contributed by atoms with Crippen LogP contribution in [0, 0.1) is 13.8 Å². The maximum absolute atomic E-state index is 13.5. The lowest BCUT2D eigenvalue weighted by atomic mass is 9.81. The number of aliphatic hydroxyl groups is 3. The van der Waals surface area contributed by atoms with Crippen LogP contribution in [-0.4, -0.2) is 107 Å². The zero-order valence-corrected chi connectivity index (χ0v) is 35.8. The lowest BCUT2D eigenvalue weighted by Crippen LogP contribution is -2.67. The zero-order valence-electron chi connectivity index (χ0n) is 35.8. The van der Waals surface area contributed by atoms with Crippen molar-refractivity contribution in [2.24, 2.45) is 0 Å². The van der Waals surface area contributed by atoms with Gasteiger partial charge < -0.3 is 46.2 Å². The average molecular weight is 907 g/mol. The number of phenolic OH excluding ortho intramolecular Hbond substituents is 1. The van der Waals surface area contributed by atoms with Gasteiger partial charge in [0, 0.05) is 43.6 Å². The van der Waals surface area contributed by atoms with Crippen LogP contribution >= 0.6 is 0 Å². The molecule has 3 amide bonds. The molecule has 0 spiro atoms. The Kier molecular flexibility index (Phi) is 15.4. The summed E-state index contributed by atoms with van der Waals surface area (Å²) >= 11 is 0. The number of nitrogens with one attached hydrogen (secondary N) is 3. The molecule has 19 heteroatoms. The smallest absolute Gasteiger partial charge is 0.417 e. The molecule has 1 aromatic heterocycles. The number of hydrogen-bond donors (Lipinski definition) is 8. The monoisotopic (exact) mass is 906 g/mol. The highest BCUT2D eigenvalue weighted by Gasteiger charge is 2.54. The maximum Gasteiger partial charge on any atom is 0.417 e. The SMILES string of the molecule is Cc1cc(C(=O)NC[C@@H](O)[C@@H](O)[C@@H]2O[C@@](C/C=C/c3cccc(CNC(=O)c4ccccc4C(F)(F)F)c3)(C(=O)O)C[C@H](O)[C@H]2NC(=O)Cn2cc(C3CCCCC3)nn2)cc(C)c1O. The number of aromatic nitrogens is 3. The van der Waals surface area contributed by atoms with Gasteiger partial charge in [0.1, 0.15) is 24.5 Å². The lowest BCUT2D eigenvalue weighted by molar-refractivity contribution is -0.226. The molecule has 0 radical (unpaired) electrons. The Balaban J connectivity index is 1.17. The first-order valence-corrected chi connectivity index (χ1v) is 21.3. The van der Waals surface area contributed by atoms with Crippen LogP contribution in [0.2, 0.25) is 0 Å². The molecule has 4 aromatic rings. The van der Waals surface area contributed by atoms with Gasteiger partial charge in [-0.1, -0.05) is 67.0 Å². The molecule has 6 rings (SSSR count). The molecule has 6 atom stereocenters. The summed E-state index contributed by atoms with van der Waals surface area (Å²) in [6.07, 6.45) is -3.11. The topological polar surface area (TPSA) is 245 Å². The molecule has 1 aliphatic carbocycles. The number of carbonyl (C=O) groups is 4. The number of ether oxygens (including phenoxy) is 1. The largest absolute Gasteiger partial charge is 0.507 e. The molecular formula is C46H53F3N6O10. The quantitative estimate of drug-likeness (QED) is 0.0785. The van der Waals surface area contributed by atoms with Crippen LogP contribution in [0.15, 0.2) is 72.9 Å². The second-order valence-electron chi connectivity index (χ2n) is 16.7. The number of halogens is 3. The predicted octanol–water partition coefficient (Wildman–Crippen LogP) is 4.31. The van der Waals surface area contributed by atoms with Crippen molar-refractivity contribution in [2.75, 3.05) is 6.54 Å². The van der Waals surface area contributed by atoms with Crippen molar-refractivity contribution in [3.05, 3.63) is 118 Å². The number of rotatable bonds is 16. The zero-order chi connectivity index (χ0) is 47.1. The van der Waals surface area contributed by atoms with E-state index in [1.54, 1.807) is 44.3 Å². The van der Waals surface area contributed by atoms with E-state index in [0.29, 0.717) is 22.3 Å². The number of aryl methyl sites for hydroxylation is 2. The molecule has 1 saturated heterocycles. The summed E-state index contributed by atoms with van der Waals surface area (Å²) < 4.78 is 48.0. The molecule has 0 unspecified atom stereocenters. The number of carboxylic acids is 1. The van der Waals surface area contributed by atoms with E-state index in [2.05, 4.69) is 26.3 Å². The number of benzene rings is 3. The van der Waals surface area contributed by atoms with Gasteiger partial charge in [0.15, 0.2) is 5.60 Å². The summed E-state index contributed by atoms with van der Waals surface area (Å²) in [5.41, 5.74) is -1.04. The van der Waals surface area contributed by atoms with Gasteiger partial charge in [-0.15, -0.1) is 5.10 Å². The summed E-state index contributed by atoms with van der Waals surface area (Å²) in [5.74, 6) is -3.57. The number of aromatic hydroxyl groups is 1. The Morgan fingerprint density at radius 3 is 2.37 bits per heavy atom. The summed E-state index contributed by atoms with van der Waals surface area (Å²) in [7, 11) is 0. The van der Waals surface area contributed by atoms with Crippen LogP contribution in [0.4, 0.5) is 13.2 Å².